The van der Waals surface area contributed by atoms with Crippen molar-refractivity contribution in [1.29, 1.82) is 0 Å². The molecule has 0 aliphatic carbocycles. The molecule has 4 heteroatoms. The van der Waals surface area contributed by atoms with Gasteiger partial charge in [0.2, 0.25) is 5.89 Å². The van der Waals surface area contributed by atoms with Crippen molar-refractivity contribution in [3.05, 3.63) is 11.7 Å². The highest BCUT2D eigenvalue weighted by atomic mass is 16.5. The van der Waals surface area contributed by atoms with Crippen molar-refractivity contribution >= 4 is 0 Å². The minimum absolute atomic E-state index is 0.0842. The molecule has 0 amide bonds. The van der Waals surface area contributed by atoms with Gasteiger partial charge in [0.05, 0.1) is 6.54 Å². The standard InChI is InChI=1S/C9H17N3O/c1-5-7-11-8(13-12-7)6-10-9(2,3)4/h10H,5-6H2,1-4H3. The number of nitrogens with one attached hydrogen (secondary N) is 1. The van der Waals surface area contributed by atoms with Crippen LogP contribution in [0.3, 0.4) is 0 Å². The van der Waals surface area contributed by atoms with Crippen molar-refractivity contribution in [1.82, 2.24) is 15.5 Å². The Hall–Kier alpha value is -0.900. The van der Waals surface area contributed by atoms with Crippen molar-refractivity contribution in [2.24, 2.45) is 0 Å². The maximum absolute atomic E-state index is 5.03. The van der Waals surface area contributed by atoms with Gasteiger partial charge < -0.3 is 9.84 Å². The number of aromatic nitrogens is 2. The second-order valence-corrected chi connectivity index (χ2v) is 4.06. The first-order chi connectivity index (χ1) is 6.01. The lowest BCUT2D eigenvalue weighted by Crippen LogP contribution is -2.35. The Morgan fingerprint density at radius 2 is 2.08 bits per heavy atom. The lowest BCUT2D eigenvalue weighted by Gasteiger charge is -2.18. The van der Waals surface area contributed by atoms with Crippen LogP contribution >= 0.6 is 0 Å². The van der Waals surface area contributed by atoms with Crippen molar-refractivity contribution in [3.8, 4) is 0 Å². The van der Waals surface area contributed by atoms with Crippen molar-refractivity contribution in [2.75, 3.05) is 0 Å². The first kappa shape index (κ1) is 10.2. The number of nitrogens with zero attached hydrogens (tertiary/aromatic N) is 2. The Morgan fingerprint density at radius 1 is 1.38 bits per heavy atom. The predicted molar refractivity (Wildman–Crippen MR) is 50.3 cm³/mol. The van der Waals surface area contributed by atoms with Crippen LogP contribution in [0.5, 0.6) is 0 Å². The molecule has 0 atom stereocenters. The molecule has 0 aliphatic heterocycles. The van der Waals surface area contributed by atoms with Gasteiger partial charge in [-0.2, -0.15) is 4.98 Å². The second-order valence-electron chi connectivity index (χ2n) is 4.06. The molecule has 0 spiro atoms. The predicted octanol–water partition coefficient (Wildman–Crippen LogP) is 1.52. The number of hydrogen-bond donors (Lipinski definition) is 1. The van der Waals surface area contributed by atoms with Crippen LogP contribution in [0.25, 0.3) is 0 Å². The molecule has 0 saturated heterocycles. The number of aryl methyl sites for hydroxylation is 1. The van der Waals surface area contributed by atoms with E-state index >= 15 is 0 Å². The van der Waals surface area contributed by atoms with Crippen LogP contribution < -0.4 is 5.32 Å². The van der Waals surface area contributed by atoms with E-state index in [1.165, 1.54) is 0 Å². The van der Waals surface area contributed by atoms with Gasteiger partial charge >= 0.3 is 0 Å². The Labute approximate surface area is 78.7 Å². The van der Waals surface area contributed by atoms with E-state index in [4.69, 9.17) is 4.52 Å². The molecular formula is C9H17N3O. The van der Waals surface area contributed by atoms with E-state index in [9.17, 15) is 0 Å². The quantitative estimate of drug-likeness (QED) is 0.772. The smallest absolute Gasteiger partial charge is 0.240 e. The molecule has 74 valence electrons. The van der Waals surface area contributed by atoms with E-state index in [2.05, 4.69) is 36.2 Å². The Balaban J connectivity index is 2.46. The molecule has 1 aromatic rings. The van der Waals surface area contributed by atoms with Crippen molar-refractivity contribution in [3.63, 3.8) is 0 Å². The normalized spacial score (nSPS) is 12.0. The molecule has 1 rings (SSSR count). The molecule has 13 heavy (non-hydrogen) atoms. The van der Waals surface area contributed by atoms with Gasteiger partial charge in [0.15, 0.2) is 5.82 Å². The van der Waals surface area contributed by atoms with Crippen molar-refractivity contribution in [2.45, 2.75) is 46.2 Å². The van der Waals surface area contributed by atoms with Gasteiger partial charge in [-0.25, -0.2) is 0 Å². The summed E-state index contributed by atoms with van der Waals surface area (Å²) in [6.45, 7) is 8.95. The van der Waals surface area contributed by atoms with Gasteiger partial charge in [0.25, 0.3) is 0 Å². The van der Waals surface area contributed by atoms with Crippen LogP contribution in [0.1, 0.15) is 39.4 Å². The summed E-state index contributed by atoms with van der Waals surface area (Å²) < 4.78 is 5.03. The Kier molecular flexibility index (Phi) is 3.03. The molecule has 4 nitrogen and oxygen atoms in total. The van der Waals surface area contributed by atoms with Crippen molar-refractivity contribution < 1.29 is 4.52 Å². The summed E-state index contributed by atoms with van der Waals surface area (Å²) in [5, 5.41) is 7.09. The third-order valence-electron chi connectivity index (χ3n) is 1.60. The molecule has 0 aliphatic rings. The third-order valence-corrected chi connectivity index (χ3v) is 1.60. The van der Waals surface area contributed by atoms with E-state index in [0.717, 1.165) is 12.2 Å². The molecule has 0 fully saturated rings. The van der Waals surface area contributed by atoms with Crippen LogP contribution in [-0.4, -0.2) is 15.7 Å². The van der Waals surface area contributed by atoms with Gasteiger partial charge in [-0.3, -0.25) is 0 Å². The summed E-state index contributed by atoms with van der Waals surface area (Å²) in [6, 6.07) is 0. The first-order valence-corrected chi connectivity index (χ1v) is 4.58. The topological polar surface area (TPSA) is 51.0 Å². The molecule has 0 saturated carbocycles. The van der Waals surface area contributed by atoms with Crippen LogP contribution in [0, 0.1) is 0 Å². The van der Waals surface area contributed by atoms with E-state index in [1.54, 1.807) is 0 Å². The zero-order valence-corrected chi connectivity index (χ0v) is 8.72. The average Bonchev–Trinajstić information content (AvgIpc) is 2.47. The first-order valence-electron chi connectivity index (χ1n) is 4.58. The number of rotatable bonds is 3. The maximum Gasteiger partial charge on any atom is 0.240 e. The molecule has 0 aromatic carbocycles. The molecular weight excluding hydrogens is 166 g/mol. The highest BCUT2D eigenvalue weighted by Crippen LogP contribution is 2.02. The zero-order chi connectivity index (χ0) is 9.90. The highest BCUT2D eigenvalue weighted by molar-refractivity contribution is 4.86. The molecule has 0 unspecified atom stereocenters. The summed E-state index contributed by atoms with van der Waals surface area (Å²) in [4.78, 5) is 4.19. The SMILES string of the molecule is CCc1noc(CNC(C)(C)C)n1. The van der Waals surface area contributed by atoms with Gasteiger partial charge in [0.1, 0.15) is 0 Å². The average molecular weight is 183 g/mol. The van der Waals surface area contributed by atoms with Crippen LogP contribution in [0.15, 0.2) is 4.52 Å². The summed E-state index contributed by atoms with van der Waals surface area (Å²) in [6.07, 6.45) is 0.818. The van der Waals surface area contributed by atoms with E-state index < -0.39 is 0 Å². The summed E-state index contributed by atoms with van der Waals surface area (Å²) >= 11 is 0. The van der Waals surface area contributed by atoms with Gasteiger partial charge in [-0.15, -0.1) is 0 Å². The molecule has 1 aromatic heterocycles. The fraction of sp³-hybridized carbons (Fsp3) is 0.778. The summed E-state index contributed by atoms with van der Waals surface area (Å²) in [7, 11) is 0. The summed E-state index contributed by atoms with van der Waals surface area (Å²) in [5.74, 6) is 1.43. The zero-order valence-electron chi connectivity index (χ0n) is 8.72. The monoisotopic (exact) mass is 183 g/mol. The Morgan fingerprint density at radius 3 is 2.54 bits per heavy atom. The van der Waals surface area contributed by atoms with E-state index in [0.29, 0.717) is 12.4 Å². The Bertz CT molecular complexity index is 262. The minimum atomic E-state index is 0.0842. The van der Waals surface area contributed by atoms with E-state index in [-0.39, 0.29) is 5.54 Å². The fourth-order valence-electron chi connectivity index (χ4n) is 0.846. The molecule has 1 heterocycles. The third kappa shape index (κ3) is 3.55. The molecule has 0 bridgehead atoms. The van der Waals surface area contributed by atoms with Gasteiger partial charge in [-0.1, -0.05) is 12.1 Å². The molecule has 1 N–H and O–H groups in total. The van der Waals surface area contributed by atoms with Crippen LogP contribution in [0.4, 0.5) is 0 Å². The largest absolute Gasteiger partial charge is 0.338 e. The van der Waals surface area contributed by atoms with Crippen LogP contribution in [0.2, 0.25) is 0 Å². The van der Waals surface area contributed by atoms with Gasteiger partial charge in [0, 0.05) is 12.0 Å². The number of hydrogen-bond acceptors (Lipinski definition) is 4. The van der Waals surface area contributed by atoms with Crippen LogP contribution in [-0.2, 0) is 13.0 Å². The summed E-state index contributed by atoms with van der Waals surface area (Å²) in [5.41, 5.74) is 0.0842. The minimum Gasteiger partial charge on any atom is -0.338 e. The lowest BCUT2D eigenvalue weighted by atomic mass is 10.1. The fourth-order valence-corrected chi connectivity index (χ4v) is 0.846. The lowest BCUT2D eigenvalue weighted by molar-refractivity contribution is 0.334. The van der Waals surface area contributed by atoms with Gasteiger partial charge in [-0.05, 0) is 20.8 Å². The maximum atomic E-state index is 5.03. The molecule has 0 radical (unpaired) electrons. The highest BCUT2D eigenvalue weighted by Gasteiger charge is 2.11. The van der Waals surface area contributed by atoms with E-state index in [1.807, 2.05) is 6.92 Å². The second kappa shape index (κ2) is 3.87.